The van der Waals surface area contributed by atoms with Crippen molar-refractivity contribution in [1.29, 1.82) is 0 Å². The number of hydrogen-bond donors (Lipinski definition) is 0. The predicted molar refractivity (Wildman–Crippen MR) is 71.6 cm³/mol. The molecule has 1 radical (unpaired) electrons. The fourth-order valence-corrected chi connectivity index (χ4v) is 1.91. The number of rotatable bonds is 2. The van der Waals surface area contributed by atoms with Crippen molar-refractivity contribution in [2.45, 2.75) is 0 Å². The van der Waals surface area contributed by atoms with Gasteiger partial charge in [0.1, 0.15) is 6.20 Å². The van der Waals surface area contributed by atoms with E-state index in [4.69, 9.17) is 0 Å². The van der Waals surface area contributed by atoms with Gasteiger partial charge in [0.2, 0.25) is 0 Å². The van der Waals surface area contributed by atoms with Gasteiger partial charge < -0.3 is 4.90 Å². The molecule has 0 N–H and O–H groups in total. The minimum Gasteiger partial charge on any atom is -0.378 e. The van der Waals surface area contributed by atoms with Gasteiger partial charge >= 0.3 is 0 Å². The SMILES string of the molecule is CN(C)c1ccc(-c2cnc3cc[c]nn23)cc1. The molecular weight excluding hydrogens is 224 g/mol. The summed E-state index contributed by atoms with van der Waals surface area (Å²) in [7, 11) is 4.06. The van der Waals surface area contributed by atoms with E-state index in [1.165, 1.54) is 5.69 Å². The zero-order valence-electron chi connectivity index (χ0n) is 10.3. The molecule has 0 unspecified atom stereocenters. The van der Waals surface area contributed by atoms with Crippen LogP contribution < -0.4 is 4.90 Å². The highest BCUT2D eigenvalue weighted by Gasteiger charge is 2.06. The van der Waals surface area contributed by atoms with Crippen molar-refractivity contribution in [3.8, 4) is 11.3 Å². The maximum atomic E-state index is 4.32. The fraction of sp³-hybridized carbons (Fsp3) is 0.143. The van der Waals surface area contributed by atoms with Crippen LogP contribution in [0.1, 0.15) is 0 Å². The van der Waals surface area contributed by atoms with Gasteiger partial charge in [-0.2, -0.15) is 5.10 Å². The molecule has 0 saturated carbocycles. The second-order valence-electron chi connectivity index (χ2n) is 4.32. The van der Waals surface area contributed by atoms with Crippen molar-refractivity contribution in [2.24, 2.45) is 0 Å². The lowest BCUT2D eigenvalue weighted by molar-refractivity contribution is 0.936. The molecule has 0 fully saturated rings. The molecule has 4 heteroatoms. The van der Waals surface area contributed by atoms with Crippen molar-refractivity contribution in [3.63, 3.8) is 0 Å². The van der Waals surface area contributed by atoms with Crippen LogP contribution in [0.25, 0.3) is 16.9 Å². The molecule has 0 aliphatic heterocycles. The first kappa shape index (κ1) is 10.8. The maximum absolute atomic E-state index is 4.32. The molecule has 89 valence electrons. The third-order valence-electron chi connectivity index (χ3n) is 2.91. The van der Waals surface area contributed by atoms with Crippen LogP contribution in [0.5, 0.6) is 0 Å². The summed E-state index contributed by atoms with van der Waals surface area (Å²) < 4.78 is 1.80. The summed E-state index contributed by atoms with van der Waals surface area (Å²) in [6.07, 6.45) is 4.66. The third kappa shape index (κ3) is 1.72. The van der Waals surface area contributed by atoms with Gasteiger partial charge in [-0.3, -0.25) is 0 Å². The van der Waals surface area contributed by atoms with E-state index in [-0.39, 0.29) is 0 Å². The number of benzene rings is 1. The Kier molecular flexibility index (Phi) is 2.48. The molecule has 3 rings (SSSR count). The molecule has 2 heterocycles. The Hall–Kier alpha value is -2.36. The second-order valence-corrected chi connectivity index (χ2v) is 4.32. The highest BCUT2D eigenvalue weighted by molar-refractivity contribution is 5.65. The number of hydrogen-bond acceptors (Lipinski definition) is 3. The quantitative estimate of drug-likeness (QED) is 0.685. The van der Waals surface area contributed by atoms with Gasteiger partial charge in [-0.25, -0.2) is 9.50 Å². The summed E-state index contributed by atoms with van der Waals surface area (Å²) in [6.45, 7) is 0. The Morgan fingerprint density at radius 2 is 1.89 bits per heavy atom. The number of fused-ring (bicyclic) bond motifs is 1. The van der Waals surface area contributed by atoms with Crippen molar-refractivity contribution in [2.75, 3.05) is 19.0 Å². The Balaban J connectivity index is 2.09. The monoisotopic (exact) mass is 237 g/mol. The van der Waals surface area contributed by atoms with Gasteiger partial charge in [0.25, 0.3) is 0 Å². The molecule has 0 bridgehead atoms. The summed E-state index contributed by atoms with van der Waals surface area (Å²) in [6, 6.07) is 12.0. The van der Waals surface area contributed by atoms with Gasteiger partial charge in [-0.05, 0) is 24.3 Å². The molecular formula is C14H13N4. The highest BCUT2D eigenvalue weighted by Crippen LogP contribution is 2.22. The number of anilines is 1. The molecule has 18 heavy (non-hydrogen) atoms. The minimum absolute atomic E-state index is 0.834. The van der Waals surface area contributed by atoms with Crippen LogP contribution in [0, 0.1) is 6.20 Å². The van der Waals surface area contributed by atoms with Gasteiger partial charge in [-0.1, -0.05) is 12.1 Å². The van der Waals surface area contributed by atoms with E-state index in [0.717, 1.165) is 16.9 Å². The molecule has 0 aliphatic rings. The summed E-state index contributed by atoms with van der Waals surface area (Å²) in [4.78, 5) is 6.40. The van der Waals surface area contributed by atoms with E-state index in [1.54, 1.807) is 10.6 Å². The predicted octanol–water partition coefficient (Wildman–Crippen LogP) is 2.26. The highest BCUT2D eigenvalue weighted by atomic mass is 15.2. The van der Waals surface area contributed by atoms with Crippen LogP contribution >= 0.6 is 0 Å². The zero-order chi connectivity index (χ0) is 12.5. The van der Waals surface area contributed by atoms with Crippen molar-refractivity contribution < 1.29 is 0 Å². The number of aromatic nitrogens is 3. The molecule has 0 amide bonds. The first-order chi connectivity index (χ1) is 8.75. The van der Waals surface area contributed by atoms with Gasteiger partial charge in [-0.15, -0.1) is 0 Å². The Bertz CT molecular complexity index is 668. The molecule has 0 atom stereocenters. The molecule has 0 saturated heterocycles. The fourth-order valence-electron chi connectivity index (χ4n) is 1.91. The van der Waals surface area contributed by atoms with Gasteiger partial charge in [0.15, 0.2) is 5.65 Å². The van der Waals surface area contributed by atoms with E-state index < -0.39 is 0 Å². The second kappa shape index (κ2) is 4.14. The van der Waals surface area contributed by atoms with Crippen LogP contribution in [0.4, 0.5) is 5.69 Å². The zero-order valence-corrected chi connectivity index (χ0v) is 10.3. The lowest BCUT2D eigenvalue weighted by Crippen LogP contribution is -2.08. The van der Waals surface area contributed by atoms with E-state index in [1.807, 2.05) is 26.4 Å². The average Bonchev–Trinajstić information content (AvgIpc) is 2.82. The third-order valence-corrected chi connectivity index (χ3v) is 2.91. The van der Waals surface area contributed by atoms with Crippen LogP contribution in [0.15, 0.2) is 42.6 Å². The van der Waals surface area contributed by atoms with Crippen molar-refractivity contribution >= 4 is 11.3 Å². The Morgan fingerprint density at radius 3 is 2.61 bits per heavy atom. The first-order valence-corrected chi connectivity index (χ1v) is 5.74. The molecule has 2 aromatic heterocycles. The average molecular weight is 237 g/mol. The van der Waals surface area contributed by atoms with Crippen LogP contribution in [-0.2, 0) is 0 Å². The summed E-state index contributed by atoms with van der Waals surface area (Å²) in [5, 5.41) is 4.19. The number of imidazole rings is 1. The molecule has 3 aromatic rings. The molecule has 0 aliphatic carbocycles. The normalized spacial score (nSPS) is 10.8. The van der Waals surface area contributed by atoms with Crippen LogP contribution in [-0.4, -0.2) is 28.7 Å². The van der Waals surface area contributed by atoms with Gasteiger partial charge in [0.05, 0.1) is 11.9 Å². The summed E-state index contributed by atoms with van der Waals surface area (Å²) in [5.41, 5.74) is 4.08. The lowest BCUT2D eigenvalue weighted by atomic mass is 10.1. The maximum Gasteiger partial charge on any atom is 0.154 e. The smallest absolute Gasteiger partial charge is 0.154 e. The molecule has 4 nitrogen and oxygen atoms in total. The minimum atomic E-state index is 0.834. The largest absolute Gasteiger partial charge is 0.378 e. The molecule has 0 spiro atoms. The van der Waals surface area contributed by atoms with E-state index in [9.17, 15) is 0 Å². The Morgan fingerprint density at radius 1 is 1.11 bits per heavy atom. The Labute approximate surface area is 106 Å². The van der Waals surface area contributed by atoms with E-state index >= 15 is 0 Å². The summed E-state index contributed by atoms with van der Waals surface area (Å²) in [5.74, 6) is 0. The molecule has 1 aromatic carbocycles. The summed E-state index contributed by atoms with van der Waals surface area (Å²) >= 11 is 0. The number of nitrogens with zero attached hydrogens (tertiary/aromatic N) is 4. The van der Waals surface area contributed by atoms with Gasteiger partial charge in [0, 0.05) is 25.3 Å². The first-order valence-electron chi connectivity index (χ1n) is 5.74. The topological polar surface area (TPSA) is 33.4 Å². The van der Waals surface area contributed by atoms with E-state index in [2.05, 4.69) is 45.4 Å². The standard InChI is InChI=1S/C14H13N4/c1-17(2)12-7-5-11(6-8-12)13-10-15-14-4-3-9-16-18(13)14/h3-8,10H,1-2H3. The van der Waals surface area contributed by atoms with Crippen LogP contribution in [0.3, 0.4) is 0 Å². The lowest BCUT2D eigenvalue weighted by Gasteiger charge is -2.12. The van der Waals surface area contributed by atoms with Crippen LogP contribution in [0.2, 0.25) is 0 Å². The van der Waals surface area contributed by atoms with Crippen molar-refractivity contribution in [3.05, 3.63) is 48.8 Å². The van der Waals surface area contributed by atoms with Crippen molar-refractivity contribution in [1.82, 2.24) is 14.6 Å². The van der Waals surface area contributed by atoms with E-state index in [0.29, 0.717) is 0 Å².